The van der Waals surface area contributed by atoms with Crippen LogP contribution in [0.4, 0.5) is 21.5 Å². The van der Waals surface area contributed by atoms with Crippen LogP contribution in [-0.2, 0) is 0 Å². The van der Waals surface area contributed by atoms with E-state index in [-0.39, 0.29) is 5.75 Å². The molecule has 0 amide bonds. The zero-order valence-corrected chi connectivity index (χ0v) is 11.2. The van der Waals surface area contributed by atoms with E-state index in [1.54, 1.807) is 30.1 Å². The Morgan fingerprint density at radius 3 is 2.70 bits per heavy atom. The molecular weight excluding hydrogens is 257 g/mol. The Kier molecular flexibility index (Phi) is 3.76. The monoisotopic (exact) mass is 271 g/mol. The van der Waals surface area contributed by atoms with E-state index in [0.717, 1.165) is 5.69 Å². The molecule has 0 aliphatic heterocycles. The summed E-state index contributed by atoms with van der Waals surface area (Å²) in [6.45, 7) is 0. The van der Waals surface area contributed by atoms with Crippen molar-refractivity contribution in [3.05, 3.63) is 47.8 Å². The molecule has 2 aromatic rings. The average molecular weight is 271 g/mol. The molecule has 0 fully saturated rings. The Balaban J connectivity index is 2.47. The first-order chi connectivity index (χ1) is 9.56. The maximum Gasteiger partial charge on any atom is 0.167 e. The van der Waals surface area contributed by atoms with E-state index in [4.69, 9.17) is 15.7 Å². The van der Waals surface area contributed by atoms with Crippen molar-refractivity contribution in [3.8, 4) is 11.8 Å². The number of hydrogen-bond acceptors (Lipinski definition) is 4. The molecule has 0 heterocycles. The standard InChI is InChI=1S/C15H14FN3O/c1-19(11-5-3-4-10(6-11)9-17)14-8-15(20-2)12(16)7-13(14)18/h3-8H,18H2,1-2H3. The van der Waals surface area contributed by atoms with Gasteiger partial charge < -0.3 is 15.4 Å². The number of benzene rings is 2. The Labute approximate surface area is 116 Å². The quantitative estimate of drug-likeness (QED) is 0.871. The van der Waals surface area contributed by atoms with Crippen LogP contribution in [0.3, 0.4) is 0 Å². The van der Waals surface area contributed by atoms with Gasteiger partial charge in [-0.15, -0.1) is 0 Å². The summed E-state index contributed by atoms with van der Waals surface area (Å²) < 4.78 is 18.5. The molecule has 0 saturated heterocycles. The van der Waals surface area contributed by atoms with Crippen molar-refractivity contribution in [2.45, 2.75) is 0 Å². The van der Waals surface area contributed by atoms with Gasteiger partial charge in [0.25, 0.3) is 0 Å². The van der Waals surface area contributed by atoms with Crippen molar-refractivity contribution >= 4 is 17.1 Å². The first-order valence-corrected chi connectivity index (χ1v) is 5.93. The predicted octanol–water partition coefficient (Wildman–Crippen LogP) is 3.06. The van der Waals surface area contributed by atoms with Crippen molar-refractivity contribution < 1.29 is 9.13 Å². The van der Waals surface area contributed by atoms with Crippen molar-refractivity contribution in [2.24, 2.45) is 0 Å². The summed E-state index contributed by atoms with van der Waals surface area (Å²) in [6.07, 6.45) is 0. The number of ether oxygens (including phenoxy) is 1. The Hall–Kier alpha value is -2.74. The number of nitrogen functional groups attached to an aromatic ring is 1. The molecule has 0 aromatic heterocycles. The molecule has 2 rings (SSSR count). The van der Waals surface area contributed by atoms with Crippen molar-refractivity contribution in [2.75, 3.05) is 24.8 Å². The topological polar surface area (TPSA) is 62.3 Å². The van der Waals surface area contributed by atoms with Crippen LogP contribution in [-0.4, -0.2) is 14.2 Å². The van der Waals surface area contributed by atoms with Gasteiger partial charge in [0.05, 0.1) is 30.1 Å². The van der Waals surface area contributed by atoms with Crippen LogP contribution in [0.1, 0.15) is 5.56 Å². The van der Waals surface area contributed by atoms with Crippen LogP contribution in [0.5, 0.6) is 5.75 Å². The molecular formula is C15H14FN3O. The van der Waals surface area contributed by atoms with Gasteiger partial charge >= 0.3 is 0 Å². The molecule has 2 N–H and O–H groups in total. The van der Waals surface area contributed by atoms with Gasteiger partial charge in [0.1, 0.15) is 0 Å². The van der Waals surface area contributed by atoms with Gasteiger partial charge in [-0.3, -0.25) is 0 Å². The van der Waals surface area contributed by atoms with E-state index in [2.05, 4.69) is 6.07 Å². The first-order valence-electron chi connectivity index (χ1n) is 5.93. The molecule has 0 atom stereocenters. The lowest BCUT2D eigenvalue weighted by atomic mass is 10.1. The average Bonchev–Trinajstić information content (AvgIpc) is 2.47. The number of nitriles is 1. The normalized spacial score (nSPS) is 9.90. The van der Waals surface area contributed by atoms with E-state index in [9.17, 15) is 4.39 Å². The maximum absolute atomic E-state index is 13.5. The fourth-order valence-electron chi connectivity index (χ4n) is 1.93. The first kappa shape index (κ1) is 13.7. The van der Waals surface area contributed by atoms with E-state index < -0.39 is 5.82 Å². The Bertz CT molecular complexity index is 679. The van der Waals surface area contributed by atoms with Crippen LogP contribution in [0, 0.1) is 17.1 Å². The Morgan fingerprint density at radius 2 is 2.05 bits per heavy atom. The van der Waals surface area contributed by atoms with Crippen molar-refractivity contribution in [1.29, 1.82) is 5.26 Å². The van der Waals surface area contributed by atoms with E-state index in [1.165, 1.54) is 19.2 Å². The molecule has 4 nitrogen and oxygen atoms in total. The van der Waals surface area contributed by atoms with Gasteiger partial charge in [0, 0.05) is 24.9 Å². The zero-order chi connectivity index (χ0) is 14.7. The number of halogens is 1. The smallest absolute Gasteiger partial charge is 0.167 e. The third-order valence-corrected chi connectivity index (χ3v) is 3.03. The highest BCUT2D eigenvalue weighted by molar-refractivity contribution is 5.76. The highest BCUT2D eigenvalue weighted by Crippen LogP contribution is 2.34. The summed E-state index contributed by atoms with van der Waals surface area (Å²) in [6, 6.07) is 11.9. The minimum Gasteiger partial charge on any atom is -0.494 e. The maximum atomic E-state index is 13.5. The third-order valence-electron chi connectivity index (χ3n) is 3.03. The summed E-state index contributed by atoms with van der Waals surface area (Å²) in [5, 5.41) is 8.92. The highest BCUT2D eigenvalue weighted by Gasteiger charge is 2.13. The molecule has 0 spiro atoms. The van der Waals surface area contributed by atoms with Gasteiger partial charge in [-0.05, 0) is 18.2 Å². The second kappa shape index (κ2) is 5.49. The molecule has 0 radical (unpaired) electrons. The highest BCUT2D eigenvalue weighted by atomic mass is 19.1. The number of nitrogens with zero attached hydrogens (tertiary/aromatic N) is 2. The van der Waals surface area contributed by atoms with Crippen LogP contribution < -0.4 is 15.4 Å². The van der Waals surface area contributed by atoms with Crippen molar-refractivity contribution in [3.63, 3.8) is 0 Å². The summed E-state index contributed by atoms with van der Waals surface area (Å²) in [5.74, 6) is -0.384. The lowest BCUT2D eigenvalue weighted by molar-refractivity contribution is 0.387. The summed E-state index contributed by atoms with van der Waals surface area (Å²) in [7, 11) is 3.19. The number of anilines is 3. The van der Waals surface area contributed by atoms with Crippen molar-refractivity contribution in [1.82, 2.24) is 0 Å². The zero-order valence-electron chi connectivity index (χ0n) is 11.2. The molecule has 5 heteroatoms. The molecule has 20 heavy (non-hydrogen) atoms. The fraction of sp³-hybridized carbons (Fsp3) is 0.133. The second-order valence-electron chi connectivity index (χ2n) is 4.27. The van der Waals surface area contributed by atoms with Crippen LogP contribution in [0.2, 0.25) is 0 Å². The lowest BCUT2D eigenvalue weighted by Gasteiger charge is -2.22. The molecule has 2 aromatic carbocycles. The lowest BCUT2D eigenvalue weighted by Crippen LogP contribution is -2.12. The molecule has 0 aliphatic rings. The largest absolute Gasteiger partial charge is 0.494 e. The number of nitrogens with two attached hydrogens (primary N) is 1. The van der Waals surface area contributed by atoms with E-state index in [1.807, 2.05) is 6.07 Å². The molecule has 0 aliphatic carbocycles. The summed E-state index contributed by atoms with van der Waals surface area (Å²) in [5.41, 5.74) is 8.09. The van der Waals surface area contributed by atoms with Crippen LogP contribution >= 0.6 is 0 Å². The minimum atomic E-state index is -0.507. The molecule has 0 saturated carbocycles. The van der Waals surface area contributed by atoms with Crippen LogP contribution in [0.15, 0.2) is 36.4 Å². The van der Waals surface area contributed by atoms with Gasteiger partial charge in [-0.25, -0.2) is 4.39 Å². The van der Waals surface area contributed by atoms with Gasteiger partial charge in [0.15, 0.2) is 11.6 Å². The minimum absolute atomic E-state index is 0.123. The number of hydrogen-bond donors (Lipinski definition) is 1. The van der Waals surface area contributed by atoms with Gasteiger partial charge in [-0.2, -0.15) is 5.26 Å². The van der Waals surface area contributed by atoms with E-state index >= 15 is 0 Å². The van der Waals surface area contributed by atoms with Gasteiger partial charge in [0.2, 0.25) is 0 Å². The van der Waals surface area contributed by atoms with Crippen LogP contribution in [0.25, 0.3) is 0 Å². The predicted molar refractivity (Wildman–Crippen MR) is 76.6 cm³/mol. The second-order valence-corrected chi connectivity index (χ2v) is 4.27. The fourth-order valence-corrected chi connectivity index (χ4v) is 1.93. The molecule has 102 valence electrons. The Morgan fingerprint density at radius 1 is 1.30 bits per heavy atom. The summed E-state index contributed by atoms with van der Waals surface area (Å²) >= 11 is 0. The summed E-state index contributed by atoms with van der Waals surface area (Å²) in [4.78, 5) is 1.78. The number of rotatable bonds is 3. The van der Waals surface area contributed by atoms with E-state index in [0.29, 0.717) is 16.9 Å². The SMILES string of the molecule is COc1cc(N(C)c2cccc(C#N)c2)c(N)cc1F. The number of methoxy groups -OCH3 is 1. The third kappa shape index (κ3) is 2.50. The molecule has 0 bridgehead atoms. The molecule has 0 unspecified atom stereocenters. The van der Waals surface area contributed by atoms with Gasteiger partial charge in [-0.1, -0.05) is 6.07 Å².